The maximum absolute atomic E-state index is 11.6. The summed E-state index contributed by atoms with van der Waals surface area (Å²) in [5, 5.41) is 44.5. The monoisotopic (exact) mass is 446 g/mol. The van der Waals surface area contributed by atoms with E-state index < -0.39 is 17.8 Å². The fraction of sp³-hybridized carbons (Fsp3) is 0.857. The Morgan fingerprint density at radius 2 is 1.75 bits per heavy atom. The number of aliphatic hydroxyl groups excluding tert-OH is 3. The largest absolute Gasteiger partial charge is 0.393 e. The van der Waals surface area contributed by atoms with Crippen molar-refractivity contribution in [3.8, 4) is 0 Å². The lowest BCUT2D eigenvalue weighted by Crippen LogP contribution is -2.53. The van der Waals surface area contributed by atoms with E-state index in [1.54, 1.807) is 0 Å². The molecule has 0 spiro atoms. The maximum atomic E-state index is 11.6. The Balaban J connectivity index is 1.67. The zero-order valence-electron chi connectivity index (χ0n) is 20.9. The van der Waals surface area contributed by atoms with Gasteiger partial charge >= 0.3 is 0 Å². The zero-order valence-corrected chi connectivity index (χ0v) is 20.9. The van der Waals surface area contributed by atoms with Crippen molar-refractivity contribution in [2.24, 2.45) is 34.5 Å². The van der Waals surface area contributed by atoms with Crippen LogP contribution in [0.3, 0.4) is 0 Å². The summed E-state index contributed by atoms with van der Waals surface area (Å²) < 4.78 is 0. The normalized spacial score (nSPS) is 45.8. The molecule has 4 heteroatoms. The van der Waals surface area contributed by atoms with Crippen molar-refractivity contribution < 1.29 is 20.4 Å². The van der Waals surface area contributed by atoms with Crippen LogP contribution in [0, 0.1) is 34.5 Å². The fourth-order valence-electron chi connectivity index (χ4n) is 8.32. The van der Waals surface area contributed by atoms with Crippen LogP contribution in [0.15, 0.2) is 23.3 Å². The van der Waals surface area contributed by atoms with Crippen molar-refractivity contribution in [3.63, 3.8) is 0 Å². The first-order valence-electron chi connectivity index (χ1n) is 13.0. The second kappa shape index (κ2) is 8.22. The molecule has 4 rings (SSSR count). The molecule has 4 aliphatic carbocycles. The van der Waals surface area contributed by atoms with E-state index in [0.717, 1.165) is 55.2 Å². The number of allylic oxidation sites excluding steroid dienone is 1. The molecule has 3 fully saturated rings. The molecular formula is C28H46O4. The molecule has 0 aromatic carbocycles. The van der Waals surface area contributed by atoms with Crippen LogP contribution in [0.5, 0.6) is 0 Å². The van der Waals surface area contributed by atoms with E-state index in [-0.39, 0.29) is 28.8 Å². The molecule has 4 aliphatic rings. The standard InChI is InChI=1S/C28H46O4/c1-16(2)17(3)7-12-28(6,32)23-15-22(31)25-24-20(9-11-27(23,25)5)26(4)10-8-19(29)13-18(26)14-21(24)30/h16,18-23,29-32H,3,7-15H2,1-2,4-6H3/t18-,19?,20?,21?,22?,23?,26?,27-,28?/m1/s1. The Labute approximate surface area is 194 Å². The molecule has 0 aromatic rings. The van der Waals surface area contributed by atoms with Crippen molar-refractivity contribution in [3.05, 3.63) is 23.3 Å². The van der Waals surface area contributed by atoms with Gasteiger partial charge < -0.3 is 20.4 Å². The molecule has 3 saturated carbocycles. The third-order valence-electron chi connectivity index (χ3n) is 10.5. The molecule has 0 aromatic heterocycles. The summed E-state index contributed by atoms with van der Waals surface area (Å²) in [5.74, 6) is 0.980. The SMILES string of the molecule is C=C(CCC(C)(O)C1CC(O)C2=C3C(O)C[C@H]4CC(O)CCC4(C)C3CC[C@@]21C)C(C)C. The van der Waals surface area contributed by atoms with Gasteiger partial charge in [-0.2, -0.15) is 0 Å². The second-order valence-electron chi connectivity index (χ2n) is 12.7. The van der Waals surface area contributed by atoms with Crippen LogP contribution in [0.25, 0.3) is 0 Å². The smallest absolute Gasteiger partial charge is 0.0763 e. The molecule has 0 amide bonds. The average molecular weight is 447 g/mol. The average Bonchev–Trinajstić information content (AvgIpc) is 2.99. The highest BCUT2D eigenvalue weighted by Crippen LogP contribution is 2.66. The summed E-state index contributed by atoms with van der Waals surface area (Å²) in [6, 6.07) is 0. The molecule has 32 heavy (non-hydrogen) atoms. The minimum absolute atomic E-state index is 0.0284. The Morgan fingerprint density at radius 3 is 2.41 bits per heavy atom. The number of fused-ring (bicyclic) bond motifs is 4. The number of hydrogen-bond donors (Lipinski definition) is 4. The van der Waals surface area contributed by atoms with Gasteiger partial charge in [-0.15, -0.1) is 0 Å². The molecule has 0 heterocycles. The Bertz CT molecular complexity index is 782. The lowest BCUT2D eigenvalue weighted by Gasteiger charge is -2.58. The predicted octanol–water partition coefficient (Wildman–Crippen LogP) is 4.76. The van der Waals surface area contributed by atoms with Gasteiger partial charge in [0.15, 0.2) is 0 Å². The number of hydrogen-bond acceptors (Lipinski definition) is 4. The summed E-state index contributed by atoms with van der Waals surface area (Å²) in [4.78, 5) is 0. The van der Waals surface area contributed by atoms with E-state index in [4.69, 9.17) is 0 Å². The lowest BCUT2D eigenvalue weighted by molar-refractivity contribution is -0.0783. The van der Waals surface area contributed by atoms with Crippen molar-refractivity contribution in [2.75, 3.05) is 0 Å². The van der Waals surface area contributed by atoms with Crippen LogP contribution in [-0.2, 0) is 0 Å². The van der Waals surface area contributed by atoms with Gasteiger partial charge in [0, 0.05) is 0 Å². The van der Waals surface area contributed by atoms with E-state index in [9.17, 15) is 20.4 Å². The van der Waals surface area contributed by atoms with E-state index in [1.807, 2.05) is 6.92 Å². The van der Waals surface area contributed by atoms with E-state index >= 15 is 0 Å². The summed E-state index contributed by atoms with van der Waals surface area (Å²) in [7, 11) is 0. The highest BCUT2D eigenvalue weighted by atomic mass is 16.3. The predicted molar refractivity (Wildman–Crippen MR) is 128 cm³/mol. The maximum Gasteiger partial charge on any atom is 0.0763 e. The summed E-state index contributed by atoms with van der Waals surface area (Å²) in [6.07, 6.45) is 5.85. The van der Waals surface area contributed by atoms with Gasteiger partial charge in [-0.25, -0.2) is 0 Å². The molecule has 182 valence electrons. The molecule has 7 unspecified atom stereocenters. The van der Waals surface area contributed by atoms with Crippen molar-refractivity contribution in [1.82, 2.24) is 0 Å². The highest BCUT2D eigenvalue weighted by Gasteiger charge is 2.61. The van der Waals surface area contributed by atoms with Gasteiger partial charge in [-0.05, 0) is 110 Å². The fourth-order valence-corrected chi connectivity index (χ4v) is 8.32. The van der Waals surface area contributed by atoms with Crippen LogP contribution in [0.4, 0.5) is 0 Å². The van der Waals surface area contributed by atoms with Crippen molar-refractivity contribution in [1.29, 1.82) is 0 Å². The van der Waals surface area contributed by atoms with Crippen molar-refractivity contribution in [2.45, 2.75) is 116 Å². The van der Waals surface area contributed by atoms with Gasteiger partial charge in [-0.1, -0.05) is 39.8 Å². The van der Waals surface area contributed by atoms with Crippen LogP contribution in [0.2, 0.25) is 0 Å². The summed E-state index contributed by atoms with van der Waals surface area (Å²) in [6.45, 7) is 15.0. The molecule has 4 nitrogen and oxygen atoms in total. The van der Waals surface area contributed by atoms with Gasteiger partial charge in [0.25, 0.3) is 0 Å². The van der Waals surface area contributed by atoms with E-state index in [0.29, 0.717) is 31.1 Å². The summed E-state index contributed by atoms with van der Waals surface area (Å²) in [5.41, 5.74) is 2.21. The molecule has 0 saturated heterocycles. The first-order chi connectivity index (χ1) is 14.8. The zero-order chi connectivity index (χ0) is 23.6. The van der Waals surface area contributed by atoms with Gasteiger partial charge in [0.05, 0.1) is 23.9 Å². The third-order valence-corrected chi connectivity index (χ3v) is 10.5. The number of rotatable bonds is 5. The molecule has 0 bridgehead atoms. The van der Waals surface area contributed by atoms with Crippen molar-refractivity contribution >= 4 is 0 Å². The topological polar surface area (TPSA) is 80.9 Å². The quantitative estimate of drug-likeness (QED) is 0.459. The van der Waals surface area contributed by atoms with Crippen LogP contribution < -0.4 is 0 Å². The van der Waals surface area contributed by atoms with Crippen LogP contribution >= 0.6 is 0 Å². The first kappa shape index (κ1) is 24.4. The van der Waals surface area contributed by atoms with Gasteiger partial charge in [0.1, 0.15) is 0 Å². The Kier molecular flexibility index (Phi) is 6.28. The van der Waals surface area contributed by atoms with E-state index in [1.165, 1.54) is 0 Å². The lowest BCUT2D eigenvalue weighted by atomic mass is 9.48. The minimum atomic E-state index is -0.885. The van der Waals surface area contributed by atoms with Crippen LogP contribution in [-0.4, -0.2) is 44.3 Å². The molecule has 4 N–H and O–H groups in total. The molecule has 0 aliphatic heterocycles. The van der Waals surface area contributed by atoms with E-state index in [2.05, 4.69) is 34.3 Å². The highest BCUT2D eigenvalue weighted by molar-refractivity contribution is 5.40. The second-order valence-corrected chi connectivity index (χ2v) is 12.7. The van der Waals surface area contributed by atoms with Gasteiger partial charge in [0.2, 0.25) is 0 Å². The third kappa shape index (κ3) is 3.74. The Hall–Kier alpha value is -0.680. The Morgan fingerprint density at radius 1 is 1.06 bits per heavy atom. The number of aliphatic hydroxyl groups is 4. The molecule has 0 radical (unpaired) electrons. The first-order valence-corrected chi connectivity index (χ1v) is 13.0. The molecule has 9 atom stereocenters. The minimum Gasteiger partial charge on any atom is -0.393 e. The summed E-state index contributed by atoms with van der Waals surface area (Å²) >= 11 is 0. The van der Waals surface area contributed by atoms with Crippen LogP contribution in [0.1, 0.15) is 92.4 Å². The molecular weight excluding hydrogens is 400 g/mol. The van der Waals surface area contributed by atoms with Gasteiger partial charge in [-0.3, -0.25) is 0 Å².